The van der Waals surface area contributed by atoms with E-state index in [9.17, 15) is 23.5 Å². The summed E-state index contributed by atoms with van der Waals surface area (Å²) in [5.41, 5.74) is 0.509. The normalized spacial score (nSPS) is 30.7. The maximum Gasteiger partial charge on any atom is 0.271 e. The van der Waals surface area contributed by atoms with Crippen molar-refractivity contribution in [3.8, 4) is 0 Å². The summed E-state index contributed by atoms with van der Waals surface area (Å²) in [4.78, 5) is 33.7. The molecule has 2 aromatic rings. The van der Waals surface area contributed by atoms with E-state index in [-0.39, 0.29) is 53.3 Å². The number of halogens is 2. The van der Waals surface area contributed by atoms with Crippen molar-refractivity contribution in [2.45, 2.75) is 65.1 Å². The summed E-state index contributed by atoms with van der Waals surface area (Å²) in [5.74, 6) is -2.77. The molecule has 36 heavy (non-hydrogen) atoms. The van der Waals surface area contributed by atoms with Gasteiger partial charge in [0.15, 0.2) is 0 Å². The van der Waals surface area contributed by atoms with Crippen LogP contribution in [0.25, 0.3) is 0 Å². The summed E-state index contributed by atoms with van der Waals surface area (Å²) in [7, 11) is 0. The van der Waals surface area contributed by atoms with Crippen LogP contribution in [0.5, 0.6) is 0 Å². The van der Waals surface area contributed by atoms with Crippen molar-refractivity contribution in [2.24, 2.45) is 29.1 Å². The molecule has 0 radical (unpaired) electrons. The summed E-state index contributed by atoms with van der Waals surface area (Å²) in [5, 5.41) is 17.4. The van der Waals surface area contributed by atoms with Crippen LogP contribution < -0.4 is 10.6 Å². The molecule has 3 N–H and O–H groups in total. The van der Waals surface area contributed by atoms with Crippen LogP contribution in [0.4, 0.5) is 8.78 Å². The smallest absolute Gasteiger partial charge is 0.271 e. The zero-order chi connectivity index (χ0) is 26.0. The van der Waals surface area contributed by atoms with Crippen molar-refractivity contribution in [3.05, 3.63) is 59.7 Å². The number of hydrogen-bond acceptors (Lipinski definition) is 5. The van der Waals surface area contributed by atoms with E-state index in [0.717, 1.165) is 25.3 Å². The zero-order valence-electron chi connectivity index (χ0n) is 20.9. The van der Waals surface area contributed by atoms with Gasteiger partial charge in [-0.3, -0.25) is 14.6 Å². The minimum atomic E-state index is -0.720. The number of amides is 2. The first kappa shape index (κ1) is 26.1. The lowest BCUT2D eigenvalue weighted by Crippen LogP contribution is -2.58. The second kappa shape index (κ2) is 10.6. The van der Waals surface area contributed by atoms with E-state index in [1.807, 2.05) is 0 Å². The monoisotopic (exact) mass is 500 g/mol. The van der Waals surface area contributed by atoms with Gasteiger partial charge < -0.3 is 15.7 Å². The van der Waals surface area contributed by atoms with Crippen molar-refractivity contribution in [3.63, 3.8) is 0 Å². The molecule has 2 saturated carbocycles. The summed E-state index contributed by atoms with van der Waals surface area (Å²) in [6.45, 7) is 6.05. The molecule has 2 aliphatic rings. The Morgan fingerprint density at radius 2 is 1.86 bits per heavy atom. The van der Waals surface area contributed by atoms with Crippen LogP contribution in [0.2, 0.25) is 0 Å². The molecule has 1 aromatic heterocycles. The molecule has 7 atom stereocenters. The van der Waals surface area contributed by atoms with Crippen molar-refractivity contribution >= 4 is 11.8 Å². The Bertz CT molecular complexity index is 1080. The number of nitrogens with one attached hydrogen (secondary N) is 2. The highest BCUT2D eigenvalue weighted by Gasteiger charge is 2.53. The van der Waals surface area contributed by atoms with Crippen molar-refractivity contribution in [1.82, 2.24) is 20.6 Å². The summed E-state index contributed by atoms with van der Waals surface area (Å²) < 4.78 is 26.9. The minimum Gasteiger partial charge on any atom is -0.392 e. The predicted molar refractivity (Wildman–Crippen MR) is 129 cm³/mol. The first-order valence-corrected chi connectivity index (χ1v) is 12.6. The van der Waals surface area contributed by atoms with E-state index < -0.39 is 23.7 Å². The molecular weight excluding hydrogens is 466 g/mol. The number of fused-ring (bicyclic) bond motifs is 1. The Hall–Kier alpha value is -2.94. The van der Waals surface area contributed by atoms with Crippen LogP contribution >= 0.6 is 0 Å². The molecule has 7 nitrogen and oxygen atoms in total. The molecule has 0 spiro atoms. The summed E-state index contributed by atoms with van der Waals surface area (Å²) >= 11 is 0. The SMILES string of the molecule is C[C@H]1[C@@H]2[C@@H](O)[C@H]([C@H](C)C(=O)NCc3cc(F)cc(F)c3)CC[C@@]2(C)CC[C@@H]1NC(=O)c1cnccn1. The fraction of sp³-hybridized carbons (Fsp3) is 0.556. The fourth-order valence-electron chi connectivity index (χ4n) is 6.41. The van der Waals surface area contributed by atoms with E-state index in [1.165, 1.54) is 30.7 Å². The summed E-state index contributed by atoms with van der Waals surface area (Å²) in [6, 6.07) is 3.04. The van der Waals surface area contributed by atoms with Gasteiger partial charge in [-0.25, -0.2) is 13.8 Å². The molecule has 1 heterocycles. The third-order valence-corrected chi connectivity index (χ3v) is 8.44. The molecule has 0 unspecified atom stereocenters. The molecule has 0 bridgehead atoms. The first-order chi connectivity index (χ1) is 17.1. The maximum atomic E-state index is 13.5. The third-order valence-electron chi connectivity index (χ3n) is 8.44. The fourth-order valence-corrected chi connectivity index (χ4v) is 6.41. The molecule has 2 amide bonds. The number of aliphatic hydroxyl groups is 1. The highest BCUT2D eigenvalue weighted by atomic mass is 19.1. The number of nitrogens with zero attached hydrogens (tertiary/aromatic N) is 2. The Morgan fingerprint density at radius 1 is 1.17 bits per heavy atom. The van der Waals surface area contributed by atoms with Crippen LogP contribution in [0.15, 0.2) is 36.8 Å². The van der Waals surface area contributed by atoms with Crippen LogP contribution in [0.1, 0.15) is 62.5 Å². The van der Waals surface area contributed by atoms with Gasteiger partial charge in [-0.15, -0.1) is 0 Å². The molecule has 194 valence electrons. The lowest BCUT2D eigenvalue weighted by Gasteiger charge is -2.56. The Balaban J connectivity index is 1.42. The highest BCUT2D eigenvalue weighted by Crippen LogP contribution is 2.55. The van der Waals surface area contributed by atoms with E-state index in [2.05, 4.69) is 34.4 Å². The standard InChI is InChI=1S/C27H34F2N4O3/c1-15(25(35)32-13-17-10-18(28)12-19(29)11-17)20-4-6-27(3)7-5-21(16(2)23(27)24(20)34)33-26(36)22-14-30-8-9-31-22/h8-12,14-16,20-21,23-24,34H,4-7,13H2,1-3H3,(H,32,35)(H,33,36)/t15-,16+,20-,21-,23+,24-,27-/m0/s1. The topological polar surface area (TPSA) is 104 Å². The predicted octanol–water partition coefficient (Wildman–Crippen LogP) is 3.63. The van der Waals surface area contributed by atoms with Crippen LogP contribution in [0, 0.1) is 40.7 Å². The number of carbonyl (C=O) groups excluding carboxylic acids is 2. The largest absolute Gasteiger partial charge is 0.392 e. The van der Waals surface area contributed by atoms with Crippen molar-refractivity contribution < 1.29 is 23.5 Å². The second-order valence-corrected chi connectivity index (χ2v) is 10.7. The van der Waals surface area contributed by atoms with Gasteiger partial charge in [0.1, 0.15) is 17.3 Å². The number of carbonyl (C=O) groups is 2. The number of rotatable bonds is 6. The van der Waals surface area contributed by atoms with Gasteiger partial charge >= 0.3 is 0 Å². The number of hydrogen-bond donors (Lipinski definition) is 3. The van der Waals surface area contributed by atoms with Crippen LogP contribution in [0.3, 0.4) is 0 Å². The number of benzene rings is 1. The van der Waals surface area contributed by atoms with Crippen LogP contribution in [-0.4, -0.2) is 39.0 Å². The lowest BCUT2D eigenvalue weighted by atomic mass is 9.51. The van der Waals surface area contributed by atoms with Gasteiger partial charge in [0.05, 0.1) is 12.3 Å². The molecule has 9 heteroatoms. The Kier molecular flexibility index (Phi) is 7.68. The van der Waals surface area contributed by atoms with Gasteiger partial charge in [0.25, 0.3) is 5.91 Å². The number of aromatic nitrogens is 2. The van der Waals surface area contributed by atoms with E-state index in [0.29, 0.717) is 12.0 Å². The Morgan fingerprint density at radius 3 is 2.53 bits per heavy atom. The van der Waals surface area contributed by atoms with Crippen molar-refractivity contribution in [2.75, 3.05) is 0 Å². The molecular formula is C27H34F2N4O3. The second-order valence-electron chi connectivity index (χ2n) is 10.7. The van der Waals surface area contributed by atoms with Gasteiger partial charge in [-0.2, -0.15) is 0 Å². The molecule has 4 rings (SSSR count). The third kappa shape index (κ3) is 5.40. The zero-order valence-corrected chi connectivity index (χ0v) is 20.9. The van der Waals surface area contributed by atoms with E-state index >= 15 is 0 Å². The van der Waals surface area contributed by atoms with E-state index in [4.69, 9.17) is 0 Å². The quantitative estimate of drug-likeness (QED) is 0.562. The molecule has 2 aliphatic carbocycles. The first-order valence-electron chi connectivity index (χ1n) is 12.6. The number of aliphatic hydroxyl groups excluding tert-OH is 1. The average Bonchev–Trinajstić information content (AvgIpc) is 2.84. The Labute approximate surface area is 210 Å². The molecule has 1 aromatic carbocycles. The molecule has 0 saturated heterocycles. The average molecular weight is 501 g/mol. The van der Waals surface area contributed by atoms with Gasteiger partial charge in [0.2, 0.25) is 5.91 Å². The van der Waals surface area contributed by atoms with Crippen LogP contribution in [-0.2, 0) is 11.3 Å². The van der Waals surface area contributed by atoms with Crippen molar-refractivity contribution in [1.29, 1.82) is 0 Å². The van der Waals surface area contributed by atoms with Gasteiger partial charge in [-0.1, -0.05) is 20.8 Å². The molecule has 2 fully saturated rings. The minimum absolute atomic E-state index is 0.00676. The summed E-state index contributed by atoms with van der Waals surface area (Å²) in [6.07, 6.45) is 6.95. The highest BCUT2D eigenvalue weighted by molar-refractivity contribution is 5.92. The van der Waals surface area contributed by atoms with E-state index in [1.54, 1.807) is 6.92 Å². The maximum absolute atomic E-state index is 13.5. The molecule has 0 aliphatic heterocycles. The van der Waals surface area contributed by atoms with Gasteiger partial charge in [0, 0.05) is 37.0 Å². The van der Waals surface area contributed by atoms with Gasteiger partial charge in [-0.05, 0) is 66.5 Å². The lowest BCUT2D eigenvalue weighted by molar-refractivity contribution is -0.142.